The van der Waals surface area contributed by atoms with E-state index in [4.69, 9.17) is 9.26 Å². The first-order chi connectivity index (χ1) is 10.5. The van der Waals surface area contributed by atoms with Crippen molar-refractivity contribution in [3.63, 3.8) is 0 Å². The maximum absolute atomic E-state index is 12.8. The molecule has 0 saturated carbocycles. The number of nitrogens with zero attached hydrogens (tertiary/aromatic N) is 3. The van der Waals surface area contributed by atoms with Crippen molar-refractivity contribution in [1.29, 1.82) is 0 Å². The molecule has 2 aromatic rings. The Labute approximate surface area is 127 Å². The molecule has 0 bridgehead atoms. The van der Waals surface area contributed by atoms with Gasteiger partial charge in [-0.3, -0.25) is 9.32 Å². The van der Waals surface area contributed by atoms with Crippen LogP contribution in [0.2, 0.25) is 0 Å². The topological polar surface area (TPSA) is 68.5 Å². The van der Waals surface area contributed by atoms with Crippen LogP contribution in [0.25, 0.3) is 0 Å². The van der Waals surface area contributed by atoms with E-state index in [2.05, 4.69) is 10.1 Å². The quantitative estimate of drug-likeness (QED) is 0.819. The number of hydrogen-bond acceptors (Lipinski definition) is 5. The molecule has 7 heteroatoms. The van der Waals surface area contributed by atoms with Gasteiger partial charge in [0, 0.05) is 19.5 Å². The second-order valence-corrected chi connectivity index (χ2v) is 5.24. The van der Waals surface area contributed by atoms with E-state index < -0.39 is 0 Å². The third-order valence-electron chi connectivity index (χ3n) is 3.02. The Morgan fingerprint density at radius 1 is 1.36 bits per heavy atom. The molecule has 2 rings (SSSR count). The molecular weight excluding hydrogens is 289 g/mol. The number of aromatic nitrogens is 2. The molecule has 0 fully saturated rings. The van der Waals surface area contributed by atoms with Gasteiger partial charge in [-0.1, -0.05) is 31.1 Å². The average Bonchev–Trinajstić information content (AvgIpc) is 2.96. The number of amides is 1. The molecule has 118 valence electrons. The number of likely N-dealkylation sites (N-methyl/N-ethyl adjacent to an activating group) is 1. The predicted octanol–water partition coefficient (Wildman–Crippen LogP) is 2.37. The first-order valence-corrected chi connectivity index (χ1v) is 6.90. The molecule has 0 spiro atoms. The van der Waals surface area contributed by atoms with E-state index in [1.54, 1.807) is 19.2 Å². The van der Waals surface area contributed by atoms with Gasteiger partial charge in [0.25, 0.3) is 5.91 Å². The Balaban J connectivity index is 1.84. The fraction of sp³-hybridized carbons (Fsp3) is 0.400. The van der Waals surface area contributed by atoms with E-state index in [9.17, 15) is 9.18 Å². The SMILES string of the molecule is CC(C)c1noc(OCC(=O)N(C)Cc2ccc(F)cc2)n1. The van der Waals surface area contributed by atoms with Crippen molar-refractivity contribution in [3.8, 4) is 6.08 Å². The third-order valence-corrected chi connectivity index (χ3v) is 3.02. The van der Waals surface area contributed by atoms with Crippen molar-refractivity contribution in [3.05, 3.63) is 41.5 Å². The first kappa shape index (κ1) is 15.9. The number of carbonyl (C=O) groups is 1. The van der Waals surface area contributed by atoms with E-state index in [1.165, 1.54) is 17.0 Å². The molecule has 0 atom stereocenters. The zero-order valence-electron chi connectivity index (χ0n) is 12.7. The number of benzene rings is 1. The number of rotatable bonds is 6. The van der Waals surface area contributed by atoms with Gasteiger partial charge in [-0.2, -0.15) is 4.98 Å². The van der Waals surface area contributed by atoms with Crippen molar-refractivity contribution in [2.24, 2.45) is 0 Å². The summed E-state index contributed by atoms with van der Waals surface area (Å²) in [4.78, 5) is 17.5. The molecule has 0 N–H and O–H groups in total. The molecule has 0 unspecified atom stereocenters. The molecular formula is C15H18FN3O3. The average molecular weight is 307 g/mol. The van der Waals surface area contributed by atoms with E-state index in [0.29, 0.717) is 12.4 Å². The maximum Gasteiger partial charge on any atom is 0.417 e. The van der Waals surface area contributed by atoms with Crippen LogP contribution in [0.4, 0.5) is 4.39 Å². The highest BCUT2D eigenvalue weighted by Gasteiger charge is 2.14. The summed E-state index contributed by atoms with van der Waals surface area (Å²) in [5, 5.41) is 3.74. The standard InChI is InChI=1S/C15H18FN3O3/c1-10(2)14-17-15(22-18-14)21-9-13(20)19(3)8-11-4-6-12(16)7-5-11/h4-7,10H,8-9H2,1-3H3. The Kier molecular flexibility index (Phi) is 5.08. The number of halogens is 1. The second kappa shape index (κ2) is 7.02. The van der Waals surface area contributed by atoms with Crippen LogP contribution in [-0.2, 0) is 11.3 Å². The van der Waals surface area contributed by atoms with Gasteiger partial charge in [-0.25, -0.2) is 4.39 Å². The first-order valence-electron chi connectivity index (χ1n) is 6.90. The van der Waals surface area contributed by atoms with Crippen molar-refractivity contribution < 1.29 is 18.4 Å². The van der Waals surface area contributed by atoms with Gasteiger partial charge in [-0.15, -0.1) is 0 Å². The monoisotopic (exact) mass is 307 g/mol. The molecule has 22 heavy (non-hydrogen) atoms. The second-order valence-electron chi connectivity index (χ2n) is 5.24. The lowest BCUT2D eigenvalue weighted by Crippen LogP contribution is -2.31. The Morgan fingerprint density at radius 3 is 2.64 bits per heavy atom. The van der Waals surface area contributed by atoms with Crippen LogP contribution in [0.5, 0.6) is 6.08 Å². The van der Waals surface area contributed by atoms with Crippen LogP contribution in [0.15, 0.2) is 28.8 Å². The summed E-state index contributed by atoms with van der Waals surface area (Å²) in [6.45, 7) is 4.02. The molecule has 0 aliphatic rings. The van der Waals surface area contributed by atoms with Crippen LogP contribution >= 0.6 is 0 Å². The fourth-order valence-corrected chi connectivity index (χ4v) is 1.70. The van der Waals surface area contributed by atoms with Gasteiger partial charge in [0.2, 0.25) is 0 Å². The van der Waals surface area contributed by atoms with Gasteiger partial charge < -0.3 is 9.64 Å². The number of carbonyl (C=O) groups excluding carboxylic acids is 1. The predicted molar refractivity (Wildman–Crippen MR) is 76.8 cm³/mol. The minimum Gasteiger partial charge on any atom is -0.439 e. The number of hydrogen-bond donors (Lipinski definition) is 0. The lowest BCUT2D eigenvalue weighted by Gasteiger charge is -2.16. The summed E-state index contributed by atoms with van der Waals surface area (Å²) in [7, 11) is 1.64. The molecule has 1 aromatic heterocycles. The minimum absolute atomic E-state index is 0.0211. The highest BCUT2D eigenvalue weighted by atomic mass is 19.1. The van der Waals surface area contributed by atoms with Gasteiger partial charge in [0.05, 0.1) is 0 Å². The summed E-state index contributed by atoms with van der Waals surface area (Å²) in [6, 6.07) is 5.98. The van der Waals surface area contributed by atoms with Crippen LogP contribution in [0.1, 0.15) is 31.2 Å². The van der Waals surface area contributed by atoms with Crippen molar-refractivity contribution >= 4 is 5.91 Å². The molecule has 0 aliphatic carbocycles. The minimum atomic E-state index is -0.307. The summed E-state index contributed by atoms with van der Waals surface area (Å²) >= 11 is 0. The Morgan fingerprint density at radius 2 is 2.05 bits per heavy atom. The smallest absolute Gasteiger partial charge is 0.417 e. The van der Waals surface area contributed by atoms with Crippen LogP contribution in [0.3, 0.4) is 0 Å². The fourth-order valence-electron chi connectivity index (χ4n) is 1.70. The normalized spacial score (nSPS) is 10.8. The summed E-state index contributed by atoms with van der Waals surface area (Å²) < 4.78 is 22.9. The van der Waals surface area contributed by atoms with Gasteiger partial charge in [-0.05, 0) is 17.7 Å². The molecule has 0 radical (unpaired) electrons. The molecule has 1 amide bonds. The van der Waals surface area contributed by atoms with E-state index in [-0.39, 0.29) is 30.3 Å². The molecule has 6 nitrogen and oxygen atoms in total. The lowest BCUT2D eigenvalue weighted by atomic mass is 10.2. The highest BCUT2D eigenvalue weighted by molar-refractivity contribution is 5.77. The Hall–Kier alpha value is -2.44. The van der Waals surface area contributed by atoms with Gasteiger partial charge >= 0.3 is 6.08 Å². The largest absolute Gasteiger partial charge is 0.439 e. The van der Waals surface area contributed by atoms with E-state index in [0.717, 1.165) is 5.56 Å². The Bertz CT molecular complexity index is 625. The highest BCUT2D eigenvalue weighted by Crippen LogP contribution is 2.14. The third kappa shape index (κ3) is 4.28. The van der Waals surface area contributed by atoms with E-state index in [1.807, 2.05) is 13.8 Å². The van der Waals surface area contributed by atoms with E-state index >= 15 is 0 Å². The maximum atomic E-state index is 12.8. The zero-order chi connectivity index (χ0) is 16.1. The number of ether oxygens (including phenoxy) is 1. The van der Waals surface area contributed by atoms with Crippen LogP contribution in [-0.4, -0.2) is 34.6 Å². The molecule has 0 saturated heterocycles. The molecule has 1 aromatic carbocycles. The van der Waals surface area contributed by atoms with Gasteiger partial charge in [0.1, 0.15) is 5.82 Å². The molecule has 0 aliphatic heterocycles. The van der Waals surface area contributed by atoms with Crippen LogP contribution < -0.4 is 4.74 Å². The van der Waals surface area contributed by atoms with Crippen molar-refractivity contribution in [2.75, 3.05) is 13.7 Å². The summed E-state index contributed by atoms with van der Waals surface area (Å²) in [5.74, 6) is 0.104. The summed E-state index contributed by atoms with van der Waals surface area (Å²) in [6.07, 6.45) is -0.0211. The van der Waals surface area contributed by atoms with Gasteiger partial charge in [0.15, 0.2) is 12.4 Å². The van der Waals surface area contributed by atoms with Crippen molar-refractivity contribution in [2.45, 2.75) is 26.3 Å². The van der Waals surface area contributed by atoms with Crippen molar-refractivity contribution in [1.82, 2.24) is 15.0 Å². The lowest BCUT2D eigenvalue weighted by molar-refractivity contribution is -0.133. The zero-order valence-corrected chi connectivity index (χ0v) is 12.7. The van der Waals surface area contributed by atoms with Crippen LogP contribution in [0, 0.1) is 5.82 Å². The molecule has 1 heterocycles. The summed E-state index contributed by atoms with van der Waals surface area (Å²) in [5.41, 5.74) is 0.831.